The van der Waals surface area contributed by atoms with Crippen LogP contribution in [-0.2, 0) is 19.1 Å². The highest BCUT2D eigenvalue weighted by Gasteiger charge is 2.32. The second-order valence-electron chi connectivity index (χ2n) is 16.7. The Kier molecular flexibility index (Phi) is 11.3. The molecule has 2 aliphatic heterocycles. The van der Waals surface area contributed by atoms with Gasteiger partial charge in [-0.1, -0.05) is 97.1 Å². The Balaban J connectivity index is 0.826. The van der Waals surface area contributed by atoms with Crippen LogP contribution in [0, 0.1) is 0 Å². The number of esters is 2. The van der Waals surface area contributed by atoms with E-state index in [1.54, 1.807) is 0 Å². The average molecular weight is 827 g/mol. The summed E-state index contributed by atoms with van der Waals surface area (Å²) < 4.78 is 24.8. The van der Waals surface area contributed by atoms with Crippen molar-refractivity contribution >= 4 is 55.3 Å². The fraction of sp³-hybridized carbons (Fsp3) is 0.269. The number of fused-ring (bicyclic) bond motifs is 4. The summed E-state index contributed by atoms with van der Waals surface area (Å²) in [5.41, 5.74) is 4.45. The van der Waals surface area contributed by atoms with Gasteiger partial charge in [0.25, 0.3) is 12.6 Å². The van der Waals surface area contributed by atoms with Crippen molar-refractivity contribution in [1.29, 1.82) is 0 Å². The summed E-state index contributed by atoms with van der Waals surface area (Å²) in [4.78, 5) is 38.5. The number of H-pyrrole nitrogens is 2. The molecule has 8 aromatic rings. The van der Waals surface area contributed by atoms with E-state index < -0.39 is 24.5 Å². The normalized spacial score (nSPS) is 16.7. The van der Waals surface area contributed by atoms with Gasteiger partial charge in [0, 0.05) is 34.2 Å². The lowest BCUT2D eigenvalue weighted by atomic mass is 9.88. The second-order valence-corrected chi connectivity index (χ2v) is 16.7. The van der Waals surface area contributed by atoms with Crippen LogP contribution in [0.4, 0.5) is 0 Å². The van der Waals surface area contributed by atoms with Crippen LogP contribution in [0.5, 0.6) is 11.5 Å². The molecule has 0 amide bonds. The van der Waals surface area contributed by atoms with Gasteiger partial charge in [0.2, 0.25) is 0 Å². The van der Waals surface area contributed by atoms with Crippen molar-refractivity contribution in [2.24, 2.45) is 0 Å². The molecule has 10 rings (SSSR count). The van der Waals surface area contributed by atoms with E-state index in [0.717, 1.165) is 73.7 Å². The maximum atomic E-state index is 13.8. The Labute approximate surface area is 360 Å². The van der Waals surface area contributed by atoms with Crippen LogP contribution in [0.15, 0.2) is 146 Å². The molecule has 314 valence electrons. The molecule has 2 unspecified atom stereocenters. The van der Waals surface area contributed by atoms with E-state index >= 15 is 0 Å². The van der Waals surface area contributed by atoms with Gasteiger partial charge in [-0.3, -0.25) is 9.80 Å². The van der Waals surface area contributed by atoms with Gasteiger partial charge in [0.15, 0.2) is 0 Å². The zero-order valence-electron chi connectivity index (χ0n) is 34.6. The van der Waals surface area contributed by atoms with Crippen molar-refractivity contribution in [3.8, 4) is 11.5 Å². The summed E-state index contributed by atoms with van der Waals surface area (Å²) in [6.07, 6.45) is 5.31. The quantitative estimate of drug-likeness (QED) is 0.0712. The Morgan fingerprint density at radius 3 is 1.35 bits per heavy atom. The minimum absolute atomic E-state index is 0.284. The SMILES string of the molecule is O=C(OC(CN1CCC(c2ccc3ccccc3c2)CC1)Oc1cccc2[nH]ccc12)C(=O)OC(CN1CCC(c2ccc3ccccc3c2)CC1)Oc1cccc2[nH]ccc12. The molecule has 6 aromatic carbocycles. The van der Waals surface area contributed by atoms with E-state index in [4.69, 9.17) is 18.9 Å². The summed E-state index contributed by atoms with van der Waals surface area (Å²) in [7, 11) is 0. The van der Waals surface area contributed by atoms with Crippen molar-refractivity contribution in [2.45, 2.75) is 50.1 Å². The standard InChI is InChI=1S/C52H50N4O6/c57-51(61-49(59-47-13-5-11-45-43(47)19-25-53-45)33-55-27-21-37(22-28-55)41-17-15-35-7-1-3-9-39(35)31-41)52(58)62-50(60-48-14-6-12-46-44(48)20-26-54-46)34-56-29-23-38(24-30-56)42-18-16-36-8-2-4-10-40(36)32-42/h1-20,25-26,31-32,37-38,49-50,53-54H,21-24,27-30,33-34H2. The van der Waals surface area contributed by atoms with Gasteiger partial charge in [-0.05, 0) is 133 Å². The van der Waals surface area contributed by atoms with Crippen molar-refractivity contribution in [2.75, 3.05) is 39.3 Å². The molecule has 2 atom stereocenters. The molecule has 10 nitrogen and oxygen atoms in total. The number of likely N-dealkylation sites (tertiary alicyclic amines) is 2. The van der Waals surface area contributed by atoms with Gasteiger partial charge in [-0.15, -0.1) is 0 Å². The summed E-state index contributed by atoms with van der Waals surface area (Å²) in [6, 6.07) is 45.6. The van der Waals surface area contributed by atoms with Crippen LogP contribution in [0.25, 0.3) is 43.4 Å². The number of nitrogens with zero attached hydrogens (tertiary/aromatic N) is 2. The molecular formula is C52H50N4O6. The predicted octanol–water partition coefficient (Wildman–Crippen LogP) is 9.91. The molecule has 62 heavy (non-hydrogen) atoms. The highest BCUT2D eigenvalue weighted by molar-refractivity contribution is 6.29. The number of carbonyl (C=O) groups is 2. The number of hydrogen-bond acceptors (Lipinski definition) is 8. The number of rotatable bonds is 12. The van der Waals surface area contributed by atoms with Crippen LogP contribution in [0.2, 0.25) is 0 Å². The van der Waals surface area contributed by atoms with Crippen molar-refractivity contribution in [1.82, 2.24) is 19.8 Å². The van der Waals surface area contributed by atoms with Crippen LogP contribution < -0.4 is 9.47 Å². The van der Waals surface area contributed by atoms with E-state index in [0.29, 0.717) is 23.3 Å². The highest BCUT2D eigenvalue weighted by atomic mass is 16.7. The molecular weight excluding hydrogens is 777 g/mol. The number of benzene rings is 6. The zero-order valence-corrected chi connectivity index (χ0v) is 34.6. The van der Waals surface area contributed by atoms with E-state index in [1.165, 1.54) is 32.7 Å². The van der Waals surface area contributed by atoms with Gasteiger partial charge in [-0.25, -0.2) is 9.59 Å². The lowest BCUT2D eigenvalue weighted by molar-refractivity contribution is -0.192. The first-order chi connectivity index (χ1) is 30.5. The monoisotopic (exact) mass is 826 g/mol. The Bertz CT molecular complexity index is 2640. The fourth-order valence-corrected chi connectivity index (χ4v) is 9.38. The molecule has 2 saturated heterocycles. The third-order valence-electron chi connectivity index (χ3n) is 12.7. The van der Waals surface area contributed by atoms with E-state index in [1.807, 2.05) is 60.9 Å². The number of aromatic amines is 2. The van der Waals surface area contributed by atoms with Crippen LogP contribution >= 0.6 is 0 Å². The molecule has 2 aromatic heterocycles. The highest BCUT2D eigenvalue weighted by Crippen LogP contribution is 2.33. The van der Waals surface area contributed by atoms with E-state index in [2.05, 4.69) is 105 Å². The number of hydrogen-bond donors (Lipinski definition) is 2. The van der Waals surface area contributed by atoms with Crippen LogP contribution in [-0.4, -0.2) is 83.6 Å². The molecule has 0 radical (unpaired) electrons. The van der Waals surface area contributed by atoms with Crippen molar-refractivity contribution in [3.05, 3.63) is 157 Å². The Morgan fingerprint density at radius 2 is 0.919 bits per heavy atom. The Morgan fingerprint density at radius 1 is 0.500 bits per heavy atom. The molecule has 0 spiro atoms. The molecule has 2 aliphatic rings. The molecule has 10 heteroatoms. The van der Waals surface area contributed by atoms with E-state index in [-0.39, 0.29) is 13.1 Å². The summed E-state index contributed by atoms with van der Waals surface area (Å²) in [6.45, 7) is 3.70. The fourth-order valence-electron chi connectivity index (χ4n) is 9.38. The first-order valence-corrected chi connectivity index (χ1v) is 21.8. The molecule has 0 saturated carbocycles. The maximum absolute atomic E-state index is 13.8. The summed E-state index contributed by atoms with van der Waals surface area (Å²) in [5.74, 6) is -0.334. The third kappa shape index (κ3) is 8.75. The van der Waals surface area contributed by atoms with Crippen molar-refractivity contribution in [3.63, 3.8) is 0 Å². The van der Waals surface area contributed by atoms with Gasteiger partial charge in [0.05, 0.1) is 13.1 Å². The van der Waals surface area contributed by atoms with Gasteiger partial charge in [0.1, 0.15) is 11.5 Å². The number of piperidine rings is 2. The number of nitrogens with one attached hydrogen (secondary N) is 2. The zero-order chi connectivity index (χ0) is 41.8. The van der Waals surface area contributed by atoms with Gasteiger partial charge in [-0.2, -0.15) is 0 Å². The minimum Gasteiger partial charge on any atom is -0.453 e. The molecule has 0 aliphatic carbocycles. The summed E-state index contributed by atoms with van der Waals surface area (Å²) >= 11 is 0. The minimum atomic E-state index is -1.13. The lowest BCUT2D eigenvalue weighted by Crippen LogP contribution is -2.45. The second kappa shape index (κ2) is 17.8. The molecule has 2 fully saturated rings. The Hall–Kier alpha value is -6.62. The largest absolute Gasteiger partial charge is 0.453 e. The van der Waals surface area contributed by atoms with Crippen LogP contribution in [0.3, 0.4) is 0 Å². The van der Waals surface area contributed by atoms with Crippen molar-refractivity contribution < 1.29 is 28.5 Å². The predicted molar refractivity (Wildman–Crippen MR) is 242 cm³/mol. The average Bonchev–Trinajstić information content (AvgIpc) is 4.01. The van der Waals surface area contributed by atoms with E-state index in [9.17, 15) is 9.59 Å². The van der Waals surface area contributed by atoms with Crippen LogP contribution in [0.1, 0.15) is 48.6 Å². The molecule has 4 heterocycles. The topological polar surface area (TPSA) is 109 Å². The smallest absolute Gasteiger partial charge is 0.420 e. The summed E-state index contributed by atoms with van der Waals surface area (Å²) in [5, 5.41) is 6.66. The number of ether oxygens (including phenoxy) is 4. The maximum Gasteiger partial charge on any atom is 0.420 e. The molecule has 2 N–H and O–H groups in total. The first-order valence-electron chi connectivity index (χ1n) is 21.8. The van der Waals surface area contributed by atoms with Gasteiger partial charge >= 0.3 is 11.9 Å². The lowest BCUT2D eigenvalue weighted by Gasteiger charge is -2.34. The number of aromatic nitrogens is 2. The van der Waals surface area contributed by atoms with Gasteiger partial charge < -0.3 is 28.9 Å². The first kappa shape index (κ1) is 39.5. The molecule has 0 bridgehead atoms. The third-order valence-corrected chi connectivity index (χ3v) is 12.7. The number of carbonyl (C=O) groups excluding carboxylic acids is 2.